The Balaban J connectivity index is 1.27. The molecule has 162 valence electrons. The highest BCUT2D eigenvalue weighted by Crippen LogP contribution is 2.33. The quantitative estimate of drug-likeness (QED) is 0.644. The number of piperidine rings is 1. The van der Waals surface area contributed by atoms with Crippen LogP contribution in [-0.2, 0) is 10.2 Å². The number of nitrogens with one attached hydrogen (secondary N) is 1. The van der Waals surface area contributed by atoms with Crippen molar-refractivity contribution in [2.75, 3.05) is 19.6 Å². The largest absolute Gasteiger partial charge is 0.343 e. The minimum atomic E-state index is -0.210. The van der Waals surface area contributed by atoms with Crippen molar-refractivity contribution in [3.63, 3.8) is 0 Å². The molecular formula is C25H29N3O2S. The number of hydrogen-bond donors (Lipinski definition) is 1. The topological polar surface area (TPSA) is 62.3 Å². The Labute approximate surface area is 187 Å². The Hall–Kier alpha value is -2.73. The number of fused-ring (bicyclic) bond motifs is 1. The van der Waals surface area contributed by atoms with Gasteiger partial charge in [-0.15, -0.1) is 11.3 Å². The van der Waals surface area contributed by atoms with Crippen molar-refractivity contribution < 1.29 is 9.59 Å². The van der Waals surface area contributed by atoms with Crippen LogP contribution >= 0.6 is 11.3 Å². The van der Waals surface area contributed by atoms with Crippen molar-refractivity contribution in [2.24, 2.45) is 0 Å². The number of benzene rings is 2. The Morgan fingerprint density at radius 2 is 1.74 bits per heavy atom. The predicted octanol–water partition coefficient (Wildman–Crippen LogP) is 4.73. The number of thiazole rings is 1. The number of amides is 2. The minimum Gasteiger partial charge on any atom is -0.343 e. The molecule has 0 unspecified atom stereocenters. The molecule has 31 heavy (non-hydrogen) atoms. The van der Waals surface area contributed by atoms with Crippen LogP contribution in [0.15, 0.2) is 48.5 Å². The number of carbonyl (C=O) groups is 2. The summed E-state index contributed by atoms with van der Waals surface area (Å²) >= 11 is 1.76. The highest BCUT2D eigenvalue weighted by Gasteiger charge is 2.26. The van der Waals surface area contributed by atoms with Gasteiger partial charge in [-0.3, -0.25) is 9.59 Å². The molecule has 1 aliphatic heterocycles. The average molecular weight is 436 g/mol. The van der Waals surface area contributed by atoms with Crippen LogP contribution in [-0.4, -0.2) is 41.3 Å². The van der Waals surface area contributed by atoms with Gasteiger partial charge in [0, 0.05) is 24.6 Å². The fourth-order valence-electron chi connectivity index (χ4n) is 3.93. The highest BCUT2D eigenvalue weighted by molar-refractivity contribution is 7.18. The van der Waals surface area contributed by atoms with E-state index < -0.39 is 0 Å². The summed E-state index contributed by atoms with van der Waals surface area (Å²) in [6.45, 7) is 7.86. The molecule has 2 heterocycles. The first-order chi connectivity index (χ1) is 14.8. The van der Waals surface area contributed by atoms with Crippen LogP contribution in [0.25, 0.3) is 10.2 Å². The van der Waals surface area contributed by atoms with E-state index in [1.54, 1.807) is 11.3 Å². The molecule has 2 amide bonds. The Kier molecular flexibility index (Phi) is 6.10. The summed E-state index contributed by atoms with van der Waals surface area (Å²) in [5, 5.41) is 3.94. The van der Waals surface area contributed by atoms with Crippen LogP contribution in [0.3, 0.4) is 0 Å². The second kappa shape index (κ2) is 8.79. The smallest absolute Gasteiger partial charge is 0.251 e. The molecule has 1 N–H and O–H groups in total. The van der Waals surface area contributed by atoms with E-state index in [0.29, 0.717) is 24.6 Å². The van der Waals surface area contributed by atoms with Crippen molar-refractivity contribution in [3.8, 4) is 0 Å². The molecule has 0 atom stereocenters. The molecular weight excluding hydrogens is 406 g/mol. The van der Waals surface area contributed by atoms with E-state index in [9.17, 15) is 9.59 Å². The zero-order chi connectivity index (χ0) is 22.0. The van der Waals surface area contributed by atoms with Crippen molar-refractivity contribution >= 4 is 33.4 Å². The summed E-state index contributed by atoms with van der Waals surface area (Å²) in [4.78, 5) is 31.7. The molecule has 0 spiro atoms. The second-order valence-corrected chi connectivity index (χ2v) is 10.2. The van der Waals surface area contributed by atoms with E-state index >= 15 is 0 Å². The molecule has 6 heteroatoms. The maximum Gasteiger partial charge on any atom is 0.251 e. The Morgan fingerprint density at radius 1 is 1.06 bits per heavy atom. The third kappa shape index (κ3) is 4.96. The third-order valence-corrected chi connectivity index (χ3v) is 7.12. The molecule has 0 aliphatic carbocycles. The average Bonchev–Trinajstić information content (AvgIpc) is 3.21. The lowest BCUT2D eigenvalue weighted by Crippen LogP contribution is -2.43. The van der Waals surface area contributed by atoms with Crippen LogP contribution in [0.5, 0.6) is 0 Å². The summed E-state index contributed by atoms with van der Waals surface area (Å²) < 4.78 is 1.22. The maximum absolute atomic E-state index is 12.6. The first-order valence-corrected chi connectivity index (χ1v) is 11.6. The number of aromatic nitrogens is 1. The van der Waals surface area contributed by atoms with Gasteiger partial charge in [0.2, 0.25) is 5.91 Å². The molecule has 0 radical (unpaired) electrons. The molecule has 4 rings (SSSR count). The molecule has 0 saturated carbocycles. The Morgan fingerprint density at radius 3 is 2.39 bits per heavy atom. The lowest BCUT2D eigenvalue weighted by molar-refractivity contribution is -0.131. The number of hydrogen-bond acceptors (Lipinski definition) is 4. The fourth-order valence-corrected chi connectivity index (χ4v) is 5.07. The van der Waals surface area contributed by atoms with Gasteiger partial charge in [-0.25, -0.2) is 4.98 Å². The number of para-hydroxylation sites is 1. The minimum absolute atomic E-state index is 0.0255. The highest BCUT2D eigenvalue weighted by atomic mass is 32.1. The van der Waals surface area contributed by atoms with Gasteiger partial charge in [0.25, 0.3) is 5.91 Å². The van der Waals surface area contributed by atoms with Crippen molar-refractivity contribution in [1.82, 2.24) is 15.2 Å². The molecule has 5 nitrogen and oxygen atoms in total. The zero-order valence-electron chi connectivity index (χ0n) is 18.4. The van der Waals surface area contributed by atoms with Gasteiger partial charge in [0.05, 0.1) is 21.8 Å². The first kappa shape index (κ1) is 21.5. The van der Waals surface area contributed by atoms with Gasteiger partial charge in [0.1, 0.15) is 0 Å². The third-order valence-electron chi connectivity index (χ3n) is 5.92. The van der Waals surface area contributed by atoms with E-state index in [4.69, 9.17) is 4.98 Å². The summed E-state index contributed by atoms with van der Waals surface area (Å²) in [5.41, 5.74) is 2.85. The summed E-state index contributed by atoms with van der Waals surface area (Å²) in [7, 11) is 0. The monoisotopic (exact) mass is 435 g/mol. The Bertz CT molecular complexity index is 1040. The molecule has 2 aromatic carbocycles. The van der Waals surface area contributed by atoms with Gasteiger partial charge >= 0.3 is 0 Å². The lowest BCUT2D eigenvalue weighted by Gasteiger charge is -2.31. The van der Waals surface area contributed by atoms with Crippen LogP contribution in [0.1, 0.15) is 60.5 Å². The van der Waals surface area contributed by atoms with Crippen LogP contribution in [0.4, 0.5) is 0 Å². The summed E-state index contributed by atoms with van der Waals surface area (Å²) in [6, 6.07) is 15.8. The number of likely N-dealkylation sites (tertiary alicyclic amines) is 1. The standard InChI is InChI=1S/C25H29N3O2S/c1-25(2,3)19-10-8-17(9-11-19)23(30)26-16-22(29)28-14-12-18(13-15-28)24-27-20-6-4-5-7-21(20)31-24/h4-11,18H,12-16H2,1-3H3,(H,26,30). The van der Waals surface area contributed by atoms with E-state index in [2.05, 4.69) is 32.2 Å². The van der Waals surface area contributed by atoms with Crippen molar-refractivity contribution in [3.05, 3.63) is 64.7 Å². The predicted molar refractivity (Wildman–Crippen MR) is 126 cm³/mol. The number of rotatable bonds is 4. The molecule has 1 fully saturated rings. The van der Waals surface area contributed by atoms with E-state index in [0.717, 1.165) is 18.4 Å². The van der Waals surface area contributed by atoms with Gasteiger partial charge in [-0.2, -0.15) is 0 Å². The van der Waals surface area contributed by atoms with Gasteiger partial charge in [-0.05, 0) is 48.1 Å². The van der Waals surface area contributed by atoms with E-state index in [-0.39, 0.29) is 23.8 Å². The summed E-state index contributed by atoms with van der Waals surface area (Å²) in [5.74, 6) is 0.165. The van der Waals surface area contributed by atoms with Gasteiger partial charge in [0.15, 0.2) is 0 Å². The second-order valence-electron chi connectivity index (χ2n) is 9.18. The lowest BCUT2D eigenvalue weighted by atomic mass is 9.87. The van der Waals surface area contributed by atoms with Gasteiger partial charge in [-0.1, -0.05) is 45.0 Å². The van der Waals surface area contributed by atoms with Crippen LogP contribution in [0.2, 0.25) is 0 Å². The molecule has 3 aromatic rings. The maximum atomic E-state index is 12.6. The van der Waals surface area contributed by atoms with Crippen molar-refractivity contribution in [2.45, 2.75) is 44.9 Å². The van der Waals surface area contributed by atoms with Gasteiger partial charge < -0.3 is 10.2 Å². The van der Waals surface area contributed by atoms with Crippen LogP contribution in [0, 0.1) is 0 Å². The normalized spacial score (nSPS) is 15.3. The van der Waals surface area contributed by atoms with E-state index in [1.165, 1.54) is 15.3 Å². The summed E-state index contributed by atoms with van der Waals surface area (Å²) in [6.07, 6.45) is 1.82. The molecule has 1 aromatic heterocycles. The van der Waals surface area contributed by atoms with Crippen molar-refractivity contribution in [1.29, 1.82) is 0 Å². The number of nitrogens with zero attached hydrogens (tertiary/aromatic N) is 2. The fraction of sp³-hybridized carbons (Fsp3) is 0.400. The molecule has 0 bridgehead atoms. The number of carbonyl (C=O) groups excluding carboxylic acids is 2. The zero-order valence-corrected chi connectivity index (χ0v) is 19.2. The molecule has 1 saturated heterocycles. The van der Waals surface area contributed by atoms with Crippen LogP contribution < -0.4 is 5.32 Å². The first-order valence-electron chi connectivity index (χ1n) is 10.8. The SMILES string of the molecule is CC(C)(C)c1ccc(C(=O)NCC(=O)N2CCC(c3nc4ccccc4s3)CC2)cc1. The molecule has 1 aliphatic rings. The van der Waals surface area contributed by atoms with E-state index in [1.807, 2.05) is 47.4 Å².